The summed E-state index contributed by atoms with van der Waals surface area (Å²) in [5.41, 5.74) is 2.24. The van der Waals surface area contributed by atoms with Gasteiger partial charge >= 0.3 is 0 Å². The summed E-state index contributed by atoms with van der Waals surface area (Å²) in [5.74, 6) is 0. The normalized spacial score (nSPS) is 13.1. The highest BCUT2D eigenvalue weighted by atomic mass is 28.3. The summed E-state index contributed by atoms with van der Waals surface area (Å²) < 4.78 is 2.86. The molecule has 0 atom stereocenters. The second kappa shape index (κ2) is 8.33. The minimum absolute atomic E-state index is 1.09. The number of hydrogen-bond donors (Lipinski definition) is 0. The van der Waals surface area contributed by atoms with Gasteiger partial charge in [0.15, 0.2) is 0 Å². The van der Waals surface area contributed by atoms with Crippen molar-refractivity contribution < 1.29 is 0 Å². The fraction of sp³-hybridized carbons (Fsp3) is 0.867. The van der Waals surface area contributed by atoms with Crippen LogP contribution in [0.4, 0.5) is 0 Å². The van der Waals surface area contributed by atoms with E-state index in [4.69, 9.17) is 0 Å². The van der Waals surface area contributed by atoms with Gasteiger partial charge in [0.25, 0.3) is 0 Å². The third-order valence-electron chi connectivity index (χ3n) is 4.83. The van der Waals surface area contributed by atoms with E-state index in [1.807, 2.05) is 0 Å². The molecule has 18 heavy (non-hydrogen) atoms. The Morgan fingerprint density at radius 2 is 1.50 bits per heavy atom. The van der Waals surface area contributed by atoms with Crippen LogP contribution in [-0.4, -0.2) is 34.0 Å². The van der Waals surface area contributed by atoms with Crippen LogP contribution in [0, 0.1) is 0 Å². The van der Waals surface area contributed by atoms with Crippen molar-refractivity contribution in [1.82, 2.24) is 4.57 Å². The molecule has 0 bridgehead atoms. The zero-order valence-electron chi connectivity index (χ0n) is 13.7. The van der Waals surface area contributed by atoms with Crippen LogP contribution in [0.25, 0.3) is 0 Å². The standard InChI is InChI=1S/C15H35NSi2/c1-8-16(18(10-3,11-4)12-5)14-13-15-17(6,7)9-2/h9H,2,8,10-15H2,1,3-7H3. The molecule has 108 valence electrons. The molecule has 0 aliphatic rings. The van der Waals surface area contributed by atoms with Crippen LogP contribution < -0.4 is 0 Å². The van der Waals surface area contributed by atoms with Crippen LogP contribution in [0.15, 0.2) is 12.3 Å². The molecule has 0 aliphatic heterocycles. The van der Waals surface area contributed by atoms with E-state index in [1.54, 1.807) is 0 Å². The van der Waals surface area contributed by atoms with Gasteiger partial charge in [-0.25, -0.2) is 0 Å². The summed E-state index contributed by atoms with van der Waals surface area (Å²) in [7, 11) is -2.22. The van der Waals surface area contributed by atoms with Crippen LogP contribution in [0.3, 0.4) is 0 Å². The minimum Gasteiger partial charge on any atom is -0.324 e. The minimum atomic E-state index is -1.13. The van der Waals surface area contributed by atoms with Gasteiger partial charge in [-0.1, -0.05) is 46.8 Å². The van der Waals surface area contributed by atoms with E-state index in [0.29, 0.717) is 0 Å². The number of rotatable bonds is 10. The Kier molecular flexibility index (Phi) is 8.40. The molecule has 0 heterocycles. The second-order valence-electron chi connectivity index (χ2n) is 6.16. The molecule has 0 aromatic rings. The summed E-state index contributed by atoms with van der Waals surface area (Å²) in [5, 5.41) is 0. The molecule has 0 N–H and O–H groups in total. The van der Waals surface area contributed by atoms with Crippen molar-refractivity contribution in [3.8, 4) is 0 Å². The van der Waals surface area contributed by atoms with Crippen molar-refractivity contribution in [2.45, 2.75) is 71.4 Å². The van der Waals surface area contributed by atoms with E-state index in [-0.39, 0.29) is 0 Å². The molecule has 0 spiro atoms. The van der Waals surface area contributed by atoms with E-state index < -0.39 is 16.3 Å². The topological polar surface area (TPSA) is 3.24 Å². The van der Waals surface area contributed by atoms with E-state index in [9.17, 15) is 0 Å². The summed E-state index contributed by atoms with van der Waals surface area (Å²) in [6.07, 6.45) is 1.37. The summed E-state index contributed by atoms with van der Waals surface area (Å²) in [6.45, 7) is 21.0. The third kappa shape index (κ3) is 5.02. The lowest BCUT2D eigenvalue weighted by Crippen LogP contribution is -2.52. The molecule has 1 nitrogen and oxygen atoms in total. The van der Waals surface area contributed by atoms with Gasteiger partial charge < -0.3 is 4.57 Å². The summed E-state index contributed by atoms with van der Waals surface area (Å²) in [4.78, 5) is 0. The Morgan fingerprint density at radius 1 is 1.00 bits per heavy atom. The fourth-order valence-electron chi connectivity index (χ4n) is 2.98. The van der Waals surface area contributed by atoms with Crippen molar-refractivity contribution in [2.24, 2.45) is 0 Å². The van der Waals surface area contributed by atoms with Crippen molar-refractivity contribution in [3.63, 3.8) is 0 Å². The van der Waals surface area contributed by atoms with Gasteiger partial charge in [0.2, 0.25) is 0 Å². The maximum atomic E-state index is 4.00. The van der Waals surface area contributed by atoms with Gasteiger partial charge in [-0.05, 0) is 37.6 Å². The van der Waals surface area contributed by atoms with Crippen LogP contribution in [0.1, 0.15) is 34.1 Å². The smallest absolute Gasteiger partial charge is 0.127 e. The maximum absolute atomic E-state index is 4.00. The Balaban J connectivity index is 4.47. The average Bonchev–Trinajstić information content (AvgIpc) is 2.39. The molecule has 0 unspecified atom stereocenters. The molecule has 3 heteroatoms. The van der Waals surface area contributed by atoms with E-state index in [2.05, 4.69) is 57.6 Å². The number of hydrogen-bond acceptors (Lipinski definition) is 1. The molecular formula is C15H35NSi2. The van der Waals surface area contributed by atoms with Gasteiger partial charge in [0.1, 0.15) is 8.24 Å². The predicted octanol–water partition coefficient (Wildman–Crippen LogP) is 5.14. The highest BCUT2D eigenvalue weighted by Gasteiger charge is 2.33. The SMILES string of the molecule is C=C[Si](C)(C)CCCN(CC)[Si](CC)(CC)CC. The Labute approximate surface area is 118 Å². The molecule has 0 saturated carbocycles. The Morgan fingerprint density at radius 3 is 1.83 bits per heavy atom. The molecule has 0 saturated heterocycles. The van der Waals surface area contributed by atoms with E-state index in [0.717, 1.165) is 0 Å². The monoisotopic (exact) mass is 285 g/mol. The van der Waals surface area contributed by atoms with Crippen LogP contribution in [0.2, 0.25) is 37.3 Å². The number of nitrogens with zero attached hydrogens (tertiary/aromatic N) is 1. The van der Waals surface area contributed by atoms with Crippen LogP contribution in [-0.2, 0) is 0 Å². The zero-order valence-corrected chi connectivity index (χ0v) is 15.7. The molecule has 0 aromatic heterocycles. The predicted molar refractivity (Wildman–Crippen MR) is 91.5 cm³/mol. The Hall–Kier alpha value is 0.134. The average molecular weight is 286 g/mol. The quantitative estimate of drug-likeness (QED) is 0.503. The lowest BCUT2D eigenvalue weighted by Gasteiger charge is -2.40. The van der Waals surface area contributed by atoms with E-state index >= 15 is 0 Å². The summed E-state index contributed by atoms with van der Waals surface area (Å²) in [6, 6.07) is 5.64. The van der Waals surface area contributed by atoms with Gasteiger partial charge in [0.05, 0.1) is 8.07 Å². The summed E-state index contributed by atoms with van der Waals surface area (Å²) >= 11 is 0. The molecular weight excluding hydrogens is 250 g/mol. The largest absolute Gasteiger partial charge is 0.324 e. The van der Waals surface area contributed by atoms with Crippen molar-refractivity contribution >= 4 is 16.3 Å². The third-order valence-corrected chi connectivity index (χ3v) is 13.4. The van der Waals surface area contributed by atoms with E-state index in [1.165, 1.54) is 43.7 Å². The van der Waals surface area contributed by atoms with Crippen LogP contribution in [0.5, 0.6) is 0 Å². The first-order valence-corrected chi connectivity index (χ1v) is 13.6. The molecule has 0 fully saturated rings. The second-order valence-corrected chi connectivity index (χ2v) is 16.2. The maximum Gasteiger partial charge on any atom is 0.127 e. The fourth-order valence-corrected chi connectivity index (χ4v) is 8.40. The molecule has 0 radical (unpaired) electrons. The van der Waals surface area contributed by atoms with Gasteiger partial charge in [-0.3, -0.25) is 0 Å². The van der Waals surface area contributed by atoms with Gasteiger partial charge in [0, 0.05) is 0 Å². The van der Waals surface area contributed by atoms with Crippen LogP contribution >= 0.6 is 0 Å². The Bertz CT molecular complexity index is 226. The molecule has 0 aliphatic carbocycles. The molecule has 0 rings (SSSR count). The first-order chi connectivity index (χ1) is 8.41. The highest BCUT2D eigenvalue weighted by Crippen LogP contribution is 2.25. The van der Waals surface area contributed by atoms with Crippen molar-refractivity contribution in [2.75, 3.05) is 13.1 Å². The first-order valence-electron chi connectivity index (χ1n) is 7.80. The highest BCUT2D eigenvalue weighted by molar-refractivity contribution is 6.82. The van der Waals surface area contributed by atoms with Crippen molar-refractivity contribution in [1.29, 1.82) is 0 Å². The molecule has 0 amide bonds. The van der Waals surface area contributed by atoms with Gasteiger partial charge in [-0.15, -0.1) is 12.3 Å². The first kappa shape index (κ1) is 18.1. The zero-order chi connectivity index (χ0) is 14.2. The lowest BCUT2D eigenvalue weighted by molar-refractivity contribution is 0.430. The lowest BCUT2D eigenvalue weighted by atomic mass is 10.5. The van der Waals surface area contributed by atoms with Gasteiger partial charge in [-0.2, -0.15) is 0 Å². The van der Waals surface area contributed by atoms with Crippen molar-refractivity contribution in [3.05, 3.63) is 12.3 Å². The molecule has 0 aromatic carbocycles.